The fourth-order valence-corrected chi connectivity index (χ4v) is 3.55. The van der Waals surface area contributed by atoms with Crippen molar-refractivity contribution in [2.75, 3.05) is 6.54 Å². The SMILES string of the molecule is CCc1nn(C)c(CC(C)(CNC2CC2)C2CC2)c1Cl. The molecule has 0 spiro atoms. The molecule has 1 N–H and O–H groups in total. The van der Waals surface area contributed by atoms with Crippen LogP contribution in [0.3, 0.4) is 0 Å². The van der Waals surface area contributed by atoms with E-state index in [1.165, 1.54) is 31.4 Å². The summed E-state index contributed by atoms with van der Waals surface area (Å²) < 4.78 is 2.00. The van der Waals surface area contributed by atoms with Crippen LogP contribution in [0.2, 0.25) is 5.02 Å². The maximum atomic E-state index is 6.53. The molecule has 0 amide bonds. The highest BCUT2D eigenvalue weighted by molar-refractivity contribution is 6.31. The topological polar surface area (TPSA) is 29.9 Å². The molecule has 2 aliphatic rings. The molecule has 0 aromatic carbocycles. The molecule has 0 aliphatic heterocycles. The second-order valence-electron chi connectivity index (χ2n) is 6.94. The van der Waals surface area contributed by atoms with Crippen LogP contribution in [0.25, 0.3) is 0 Å². The molecule has 3 rings (SSSR count). The molecule has 2 aliphatic carbocycles. The lowest BCUT2D eigenvalue weighted by atomic mass is 9.80. The van der Waals surface area contributed by atoms with Crippen molar-refractivity contribution in [1.29, 1.82) is 0 Å². The van der Waals surface area contributed by atoms with Crippen LogP contribution >= 0.6 is 11.6 Å². The number of hydrogen-bond donors (Lipinski definition) is 1. The van der Waals surface area contributed by atoms with Crippen LogP contribution in [0.4, 0.5) is 0 Å². The Morgan fingerprint density at radius 3 is 2.55 bits per heavy atom. The smallest absolute Gasteiger partial charge is 0.0849 e. The van der Waals surface area contributed by atoms with Gasteiger partial charge in [-0.05, 0) is 49.9 Å². The summed E-state index contributed by atoms with van der Waals surface area (Å²) in [7, 11) is 2.03. The molecule has 0 radical (unpaired) electrons. The van der Waals surface area contributed by atoms with E-state index in [1.54, 1.807) is 0 Å². The maximum absolute atomic E-state index is 6.53. The van der Waals surface area contributed by atoms with Crippen molar-refractivity contribution < 1.29 is 0 Å². The largest absolute Gasteiger partial charge is 0.313 e. The first-order chi connectivity index (χ1) is 9.53. The van der Waals surface area contributed by atoms with Crippen LogP contribution in [-0.4, -0.2) is 22.4 Å². The summed E-state index contributed by atoms with van der Waals surface area (Å²) in [6.07, 6.45) is 7.41. The number of rotatable bonds is 7. The van der Waals surface area contributed by atoms with Crippen LogP contribution in [-0.2, 0) is 19.9 Å². The minimum atomic E-state index is 0.324. The van der Waals surface area contributed by atoms with E-state index in [9.17, 15) is 0 Å². The lowest BCUT2D eigenvalue weighted by Crippen LogP contribution is -2.37. The van der Waals surface area contributed by atoms with Gasteiger partial charge in [0.25, 0.3) is 0 Å². The van der Waals surface area contributed by atoms with Gasteiger partial charge in [0.2, 0.25) is 0 Å². The van der Waals surface area contributed by atoms with Crippen molar-refractivity contribution in [3.8, 4) is 0 Å². The van der Waals surface area contributed by atoms with E-state index < -0.39 is 0 Å². The minimum Gasteiger partial charge on any atom is -0.313 e. The normalized spacial score (nSPS) is 22.0. The van der Waals surface area contributed by atoms with E-state index >= 15 is 0 Å². The molecular weight excluding hydrogens is 270 g/mol. The highest BCUT2D eigenvalue weighted by Crippen LogP contribution is 2.48. The number of nitrogens with one attached hydrogen (secondary N) is 1. The van der Waals surface area contributed by atoms with Gasteiger partial charge >= 0.3 is 0 Å². The summed E-state index contributed by atoms with van der Waals surface area (Å²) in [5.41, 5.74) is 2.58. The summed E-state index contributed by atoms with van der Waals surface area (Å²) in [5, 5.41) is 9.19. The van der Waals surface area contributed by atoms with Crippen LogP contribution in [0.15, 0.2) is 0 Å². The molecule has 4 heteroatoms. The summed E-state index contributed by atoms with van der Waals surface area (Å²) in [6, 6.07) is 0.779. The standard InChI is InChI=1S/C16H26ClN3/c1-4-13-15(17)14(20(3)19-13)9-16(2,11-5-6-11)10-18-12-7-8-12/h11-12,18H,4-10H2,1-3H3. The van der Waals surface area contributed by atoms with E-state index in [0.717, 1.165) is 42.1 Å². The van der Waals surface area contributed by atoms with Crippen molar-refractivity contribution in [3.63, 3.8) is 0 Å². The fourth-order valence-electron chi connectivity index (χ4n) is 3.19. The minimum absolute atomic E-state index is 0.324. The van der Waals surface area contributed by atoms with Gasteiger partial charge in [0.15, 0.2) is 0 Å². The van der Waals surface area contributed by atoms with E-state index in [2.05, 4.69) is 24.3 Å². The molecule has 0 bridgehead atoms. The van der Waals surface area contributed by atoms with Crippen LogP contribution in [0, 0.1) is 11.3 Å². The Morgan fingerprint density at radius 1 is 1.35 bits per heavy atom. The number of hydrogen-bond acceptors (Lipinski definition) is 2. The van der Waals surface area contributed by atoms with Gasteiger partial charge in [-0.3, -0.25) is 4.68 Å². The molecule has 1 aromatic rings. The Bertz CT molecular complexity index is 488. The van der Waals surface area contributed by atoms with Gasteiger partial charge in [-0.25, -0.2) is 0 Å². The molecule has 2 fully saturated rings. The van der Waals surface area contributed by atoms with Gasteiger partial charge in [0.05, 0.1) is 16.4 Å². The predicted octanol–water partition coefficient (Wildman–Crippen LogP) is 3.35. The average molecular weight is 296 g/mol. The monoisotopic (exact) mass is 295 g/mol. The Morgan fingerprint density at radius 2 is 2.05 bits per heavy atom. The third kappa shape index (κ3) is 2.89. The first-order valence-electron chi connectivity index (χ1n) is 7.97. The molecule has 20 heavy (non-hydrogen) atoms. The zero-order valence-electron chi connectivity index (χ0n) is 12.9. The second kappa shape index (κ2) is 5.34. The van der Waals surface area contributed by atoms with Gasteiger partial charge in [0, 0.05) is 19.6 Å². The van der Waals surface area contributed by atoms with Gasteiger partial charge in [-0.1, -0.05) is 25.4 Å². The van der Waals surface area contributed by atoms with Gasteiger partial charge in [0.1, 0.15) is 0 Å². The number of halogens is 1. The summed E-state index contributed by atoms with van der Waals surface area (Å²) in [5.74, 6) is 0.852. The van der Waals surface area contributed by atoms with Crippen LogP contribution in [0.5, 0.6) is 0 Å². The Labute approximate surface area is 127 Å². The molecular formula is C16H26ClN3. The molecule has 1 atom stereocenters. The van der Waals surface area contributed by atoms with Crippen LogP contribution in [0.1, 0.15) is 50.9 Å². The predicted molar refractivity (Wildman–Crippen MR) is 83.2 cm³/mol. The number of aryl methyl sites for hydroxylation is 2. The Hall–Kier alpha value is -0.540. The van der Waals surface area contributed by atoms with Crippen molar-refractivity contribution in [1.82, 2.24) is 15.1 Å². The van der Waals surface area contributed by atoms with E-state index in [0.29, 0.717) is 5.41 Å². The highest BCUT2D eigenvalue weighted by Gasteiger charge is 2.43. The first kappa shape index (κ1) is 14.4. The van der Waals surface area contributed by atoms with E-state index in [4.69, 9.17) is 11.6 Å². The highest BCUT2D eigenvalue weighted by atomic mass is 35.5. The molecule has 112 valence electrons. The molecule has 1 unspecified atom stereocenters. The molecule has 1 aromatic heterocycles. The number of aromatic nitrogens is 2. The molecule has 0 saturated heterocycles. The molecule has 2 saturated carbocycles. The van der Waals surface area contributed by atoms with Gasteiger partial charge in [-0.2, -0.15) is 5.10 Å². The van der Waals surface area contributed by atoms with Crippen molar-refractivity contribution >= 4 is 11.6 Å². The average Bonchev–Trinajstić information content (AvgIpc) is 3.29. The van der Waals surface area contributed by atoms with E-state index in [1.807, 2.05) is 11.7 Å². The third-order valence-corrected chi connectivity index (χ3v) is 5.45. The second-order valence-corrected chi connectivity index (χ2v) is 7.32. The summed E-state index contributed by atoms with van der Waals surface area (Å²) in [6.45, 7) is 5.66. The fraction of sp³-hybridized carbons (Fsp3) is 0.812. The molecule has 3 nitrogen and oxygen atoms in total. The third-order valence-electron chi connectivity index (χ3n) is 5.01. The van der Waals surface area contributed by atoms with Crippen LogP contribution < -0.4 is 5.32 Å². The zero-order chi connectivity index (χ0) is 14.3. The summed E-state index contributed by atoms with van der Waals surface area (Å²) in [4.78, 5) is 0. The lowest BCUT2D eigenvalue weighted by Gasteiger charge is -2.30. The summed E-state index contributed by atoms with van der Waals surface area (Å²) >= 11 is 6.53. The van der Waals surface area contributed by atoms with Crippen molar-refractivity contribution in [2.24, 2.45) is 18.4 Å². The Kier molecular flexibility index (Phi) is 3.85. The quantitative estimate of drug-likeness (QED) is 0.836. The van der Waals surface area contributed by atoms with Gasteiger partial charge < -0.3 is 5.32 Å². The molecule has 1 heterocycles. The zero-order valence-corrected chi connectivity index (χ0v) is 13.6. The van der Waals surface area contributed by atoms with Crippen molar-refractivity contribution in [3.05, 3.63) is 16.4 Å². The number of nitrogens with zero attached hydrogens (tertiary/aromatic N) is 2. The maximum Gasteiger partial charge on any atom is 0.0849 e. The van der Waals surface area contributed by atoms with Crippen molar-refractivity contribution in [2.45, 2.75) is 58.4 Å². The lowest BCUT2D eigenvalue weighted by molar-refractivity contribution is 0.249. The Balaban J connectivity index is 1.76. The first-order valence-corrected chi connectivity index (χ1v) is 8.35. The van der Waals surface area contributed by atoms with E-state index in [-0.39, 0.29) is 0 Å². The van der Waals surface area contributed by atoms with Gasteiger partial charge in [-0.15, -0.1) is 0 Å².